The van der Waals surface area contributed by atoms with Crippen LogP contribution in [0.5, 0.6) is 11.5 Å². The molecule has 0 atom stereocenters. The standard InChI is InChI=1S/C12H8Cl2N2O2/c13-11(14)12(17-9-3-1-5-15-7-9)18-10-4-2-6-16-8-10/h1-8H. The Morgan fingerprint density at radius 3 is 1.72 bits per heavy atom. The molecular formula is C12H8Cl2N2O2. The monoisotopic (exact) mass is 282 g/mol. The highest BCUT2D eigenvalue weighted by Crippen LogP contribution is 2.22. The van der Waals surface area contributed by atoms with E-state index in [1.807, 2.05) is 0 Å². The second-order valence-corrected chi connectivity index (χ2v) is 4.08. The third-order valence-electron chi connectivity index (χ3n) is 1.84. The molecule has 0 saturated carbocycles. The Morgan fingerprint density at radius 1 is 0.889 bits per heavy atom. The molecule has 2 aromatic rings. The van der Waals surface area contributed by atoms with Crippen molar-refractivity contribution < 1.29 is 9.47 Å². The van der Waals surface area contributed by atoms with Gasteiger partial charge in [-0.25, -0.2) is 0 Å². The van der Waals surface area contributed by atoms with Gasteiger partial charge in [-0.1, -0.05) is 23.2 Å². The second kappa shape index (κ2) is 6.23. The van der Waals surface area contributed by atoms with E-state index < -0.39 is 0 Å². The van der Waals surface area contributed by atoms with Crippen LogP contribution in [0.1, 0.15) is 0 Å². The number of nitrogens with zero attached hydrogens (tertiary/aromatic N) is 2. The molecular weight excluding hydrogens is 275 g/mol. The van der Waals surface area contributed by atoms with E-state index in [2.05, 4.69) is 9.97 Å². The Morgan fingerprint density at radius 2 is 1.39 bits per heavy atom. The van der Waals surface area contributed by atoms with Gasteiger partial charge in [-0.2, -0.15) is 0 Å². The molecule has 0 unspecified atom stereocenters. The highest BCUT2D eigenvalue weighted by Gasteiger charge is 2.09. The maximum atomic E-state index is 5.70. The molecule has 6 heteroatoms. The van der Waals surface area contributed by atoms with Crippen molar-refractivity contribution in [1.29, 1.82) is 0 Å². The van der Waals surface area contributed by atoms with Gasteiger partial charge in [0, 0.05) is 12.4 Å². The molecule has 18 heavy (non-hydrogen) atoms. The fourth-order valence-corrected chi connectivity index (χ4v) is 1.28. The first-order valence-electron chi connectivity index (χ1n) is 4.97. The summed E-state index contributed by atoms with van der Waals surface area (Å²) in [5.41, 5.74) is 0. The second-order valence-electron chi connectivity index (χ2n) is 3.13. The average Bonchev–Trinajstić information content (AvgIpc) is 2.40. The molecule has 0 radical (unpaired) electrons. The zero-order valence-corrected chi connectivity index (χ0v) is 10.6. The average molecular weight is 283 g/mol. The van der Waals surface area contributed by atoms with Crippen molar-refractivity contribution in [3.63, 3.8) is 0 Å². The van der Waals surface area contributed by atoms with Crippen molar-refractivity contribution in [3.05, 3.63) is 59.5 Å². The molecule has 2 rings (SSSR count). The molecule has 0 N–H and O–H groups in total. The number of pyridine rings is 2. The fraction of sp³-hybridized carbons (Fsp3) is 0. The van der Waals surface area contributed by atoms with Gasteiger partial charge in [-0.05, 0) is 24.3 Å². The van der Waals surface area contributed by atoms with Crippen LogP contribution < -0.4 is 9.47 Å². The largest absolute Gasteiger partial charge is 0.423 e. The van der Waals surface area contributed by atoms with Gasteiger partial charge in [0.05, 0.1) is 12.4 Å². The third kappa shape index (κ3) is 3.61. The summed E-state index contributed by atoms with van der Waals surface area (Å²) in [6.07, 6.45) is 6.29. The van der Waals surface area contributed by atoms with Crippen LogP contribution in [-0.2, 0) is 0 Å². The first kappa shape index (κ1) is 12.7. The topological polar surface area (TPSA) is 44.2 Å². The van der Waals surface area contributed by atoms with E-state index in [4.69, 9.17) is 32.7 Å². The number of hydrogen-bond acceptors (Lipinski definition) is 4. The molecule has 0 aliphatic carbocycles. The summed E-state index contributed by atoms with van der Waals surface area (Å²) in [4.78, 5) is 7.80. The van der Waals surface area contributed by atoms with Crippen LogP contribution in [0.2, 0.25) is 0 Å². The van der Waals surface area contributed by atoms with Gasteiger partial charge in [0.1, 0.15) is 11.5 Å². The molecule has 0 aliphatic rings. The van der Waals surface area contributed by atoms with E-state index in [1.54, 1.807) is 36.7 Å². The number of halogens is 2. The summed E-state index contributed by atoms with van der Waals surface area (Å²) in [7, 11) is 0. The quantitative estimate of drug-likeness (QED) is 0.805. The van der Waals surface area contributed by atoms with E-state index in [0.717, 1.165) is 0 Å². The Labute approximate surface area is 114 Å². The Bertz CT molecular complexity index is 485. The fourth-order valence-electron chi connectivity index (χ4n) is 1.13. The Kier molecular flexibility index (Phi) is 4.39. The van der Waals surface area contributed by atoms with Crippen molar-refractivity contribution in [1.82, 2.24) is 9.97 Å². The first-order chi connectivity index (χ1) is 8.75. The minimum atomic E-state index is -0.122. The molecule has 2 heterocycles. The summed E-state index contributed by atoms with van der Waals surface area (Å²) in [6.45, 7) is 0. The highest BCUT2D eigenvalue weighted by molar-refractivity contribution is 6.56. The van der Waals surface area contributed by atoms with Gasteiger partial charge in [-0.3, -0.25) is 9.97 Å². The lowest BCUT2D eigenvalue weighted by Crippen LogP contribution is -2.05. The van der Waals surface area contributed by atoms with E-state index in [1.165, 1.54) is 12.4 Å². The van der Waals surface area contributed by atoms with Crippen LogP contribution in [0.4, 0.5) is 0 Å². The van der Waals surface area contributed by atoms with Crippen molar-refractivity contribution in [2.24, 2.45) is 0 Å². The van der Waals surface area contributed by atoms with Gasteiger partial charge < -0.3 is 9.47 Å². The zero-order chi connectivity index (χ0) is 12.8. The third-order valence-corrected chi connectivity index (χ3v) is 2.15. The molecule has 0 aromatic carbocycles. The lowest BCUT2D eigenvalue weighted by atomic mass is 10.5. The lowest BCUT2D eigenvalue weighted by molar-refractivity contribution is 0.225. The molecule has 2 aromatic heterocycles. The lowest BCUT2D eigenvalue weighted by Gasteiger charge is -2.10. The van der Waals surface area contributed by atoms with E-state index in [9.17, 15) is 0 Å². The predicted molar refractivity (Wildman–Crippen MR) is 68.5 cm³/mol. The number of rotatable bonds is 4. The van der Waals surface area contributed by atoms with Crippen LogP contribution in [0.25, 0.3) is 0 Å². The van der Waals surface area contributed by atoms with E-state index in [-0.39, 0.29) is 10.4 Å². The summed E-state index contributed by atoms with van der Waals surface area (Å²) in [5.74, 6) is 0.907. The van der Waals surface area contributed by atoms with Gasteiger partial charge >= 0.3 is 5.95 Å². The molecule has 0 saturated heterocycles. The summed E-state index contributed by atoms with van der Waals surface area (Å²) >= 11 is 11.4. The SMILES string of the molecule is ClC(Cl)=C(Oc1cccnc1)Oc1cccnc1. The minimum absolute atomic E-state index is 0.0284. The summed E-state index contributed by atoms with van der Waals surface area (Å²) in [5, 5.41) is 0. The molecule has 0 bridgehead atoms. The maximum absolute atomic E-state index is 5.70. The van der Waals surface area contributed by atoms with Gasteiger partial charge in [0.15, 0.2) is 4.49 Å². The highest BCUT2D eigenvalue weighted by atomic mass is 35.5. The smallest absolute Gasteiger partial charge is 0.322 e. The van der Waals surface area contributed by atoms with Crippen LogP contribution in [-0.4, -0.2) is 9.97 Å². The normalized spacial score (nSPS) is 9.67. The van der Waals surface area contributed by atoms with Crippen LogP contribution in [0, 0.1) is 0 Å². The van der Waals surface area contributed by atoms with E-state index >= 15 is 0 Å². The van der Waals surface area contributed by atoms with Crippen LogP contribution >= 0.6 is 23.2 Å². The van der Waals surface area contributed by atoms with Crippen LogP contribution in [0.3, 0.4) is 0 Å². The van der Waals surface area contributed by atoms with Crippen molar-refractivity contribution >= 4 is 23.2 Å². The molecule has 0 amide bonds. The number of hydrogen-bond donors (Lipinski definition) is 0. The molecule has 0 aliphatic heterocycles. The van der Waals surface area contributed by atoms with Gasteiger partial charge in [0.25, 0.3) is 0 Å². The van der Waals surface area contributed by atoms with Gasteiger partial charge in [-0.15, -0.1) is 0 Å². The zero-order valence-electron chi connectivity index (χ0n) is 9.09. The number of ether oxygens (including phenoxy) is 2. The Hall–Kier alpha value is -1.78. The number of aromatic nitrogens is 2. The Balaban J connectivity index is 2.14. The van der Waals surface area contributed by atoms with Crippen molar-refractivity contribution in [2.75, 3.05) is 0 Å². The molecule has 0 spiro atoms. The summed E-state index contributed by atoms with van der Waals surface area (Å²) < 4.78 is 10.6. The molecule has 0 fully saturated rings. The predicted octanol–water partition coefficient (Wildman–Crippen LogP) is 3.54. The first-order valence-corrected chi connectivity index (χ1v) is 5.72. The van der Waals surface area contributed by atoms with Crippen LogP contribution in [0.15, 0.2) is 59.5 Å². The summed E-state index contributed by atoms with van der Waals surface area (Å²) in [6, 6.07) is 6.85. The molecule has 4 nitrogen and oxygen atoms in total. The van der Waals surface area contributed by atoms with Crippen molar-refractivity contribution in [3.8, 4) is 11.5 Å². The maximum Gasteiger partial charge on any atom is 0.322 e. The molecule has 92 valence electrons. The van der Waals surface area contributed by atoms with Crippen molar-refractivity contribution in [2.45, 2.75) is 0 Å². The van der Waals surface area contributed by atoms with Gasteiger partial charge in [0.2, 0.25) is 0 Å². The minimum Gasteiger partial charge on any atom is -0.423 e. The van der Waals surface area contributed by atoms with E-state index in [0.29, 0.717) is 11.5 Å².